The van der Waals surface area contributed by atoms with Gasteiger partial charge in [-0.3, -0.25) is 4.79 Å². The molecule has 1 heterocycles. The Kier molecular flexibility index (Phi) is 3.46. The molecule has 3 N–H and O–H groups in total. The van der Waals surface area contributed by atoms with E-state index in [1.54, 1.807) is 0 Å². The second kappa shape index (κ2) is 5.03. The fraction of sp³-hybridized carbons (Fsp3) is 0.182. The maximum Gasteiger partial charge on any atom is 0.320 e. The minimum absolute atomic E-state index is 0.324. The first-order chi connectivity index (χ1) is 8.16. The Labute approximate surface area is 102 Å². The van der Waals surface area contributed by atoms with Gasteiger partial charge in [-0.2, -0.15) is 0 Å². The van der Waals surface area contributed by atoms with E-state index in [9.17, 15) is 4.79 Å². The van der Waals surface area contributed by atoms with Crippen LogP contribution in [0.5, 0.6) is 0 Å². The van der Waals surface area contributed by atoms with Gasteiger partial charge in [-0.15, -0.1) is 5.10 Å². The fourth-order valence-corrected chi connectivity index (χ4v) is 1.91. The Bertz CT molecular complexity index is 496. The van der Waals surface area contributed by atoms with Crippen molar-refractivity contribution in [2.24, 2.45) is 5.73 Å². The van der Waals surface area contributed by atoms with Crippen LogP contribution in [0.25, 0.3) is 11.3 Å². The highest BCUT2D eigenvalue weighted by molar-refractivity contribution is 7.03. The SMILES string of the molecule is NC(Cc1ccc(-c2csnn2)cc1)C(=O)O. The van der Waals surface area contributed by atoms with E-state index in [0.717, 1.165) is 16.8 Å². The maximum atomic E-state index is 10.6. The number of benzene rings is 1. The Morgan fingerprint density at radius 2 is 2.12 bits per heavy atom. The summed E-state index contributed by atoms with van der Waals surface area (Å²) in [5.41, 5.74) is 8.14. The summed E-state index contributed by atoms with van der Waals surface area (Å²) in [6.07, 6.45) is 0.324. The lowest BCUT2D eigenvalue weighted by Crippen LogP contribution is -2.32. The van der Waals surface area contributed by atoms with Crippen LogP contribution in [0.3, 0.4) is 0 Å². The first-order valence-electron chi connectivity index (χ1n) is 5.01. The molecule has 0 fully saturated rings. The molecule has 5 nitrogen and oxygen atoms in total. The number of rotatable bonds is 4. The average Bonchev–Trinajstić information content (AvgIpc) is 2.83. The molecule has 0 radical (unpaired) electrons. The van der Waals surface area contributed by atoms with Crippen LogP contribution in [0.15, 0.2) is 29.6 Å². The lowest BCUT2D eigenvalue weighted by atomic mass is 10.0. The van der Waals surface area contributed by atoms with E-state index < -0.39 is 12.0 Å². The van der Waals surface area contributed by atoms with Crippen molar-refractivity contribution in [1.29, 1.82) is 0 Å². The molecule has 0 aliphatic rings. The Hall–Kier alpha value is -1.79. The minimum atomic E-state index is -0.988. The highest BCUT2D eigenvalue weighted by atomic mass is 32.1. The van der Waals surface area contributed by atoms with Gasteiger partial charge in [-0.25, -0.2) is 0 Å². The van der Waals surface area contributed by atoms with E-state index in [1.807, 2.05) is 29.6 Å². The summed E-state index contributed by atoms with van der Waals surface area (Å²) in [5, 5.41) is 14.5. The molecule has 2 aromatic rings. The fourth-order valence-electron chi connectivity index (χ4n) is 1.44. The van der Waals surface area contributed by atoms with Crippen molar-refractivity contribution in [3.63, 3.8) is 0 Å². The van der Waals surface area contributed by atoms with Crippen molar-refractivity contribution >= 4 is 17.5 Å². The third-order valence-corrected chi connectivity index (χ3v) is 2.89. The molecule has 1 aromatic heterocycles. The third kappa shape index (κ3) is 2.86. The molecule has 0 amide bonds. The lowest BCUT2D eigenvalue weighted by Gasteiger charge is -2.06. The van der Waals surface area contributed by atoms with Gasteiger partial charge in [-0.1, -0.05) is 28.8 Å². The van der Waals surface area contributed by atoms with E-state index >= 15 is 0 Å². The minimum Gasteiger partial charge on any atom is -0.480 e. The molecule has 0 saturated carbocycles. The summed E-state index contributed by atoms with van der Waals surface area (Å²) in [6.45, 7) is 0. The normalized spacial score (nSPS) is 12.3. The van der Waals surface area contributed by atoms with Gasteiger partial charge in [-0.05, 0) is 23.5 Å². The van der Waals surface area contributed by atoms with Gasteiger partial charge < -0.3 is 10.8 Å². The van der Waals surface area contributed by atoms with Gasteiger partial charge in [0.25, 0.3) is 0 Å². The largest absolute Gasteiger partial charge is 0.480 e. The number of aromatic nitrogens is 2. The summed E-state index contributed by atoms with van der Waals surface area (Å²) >= 11 is 1.29. The van der Waals surface area contributed by atoms with Crippen LogP contribution >= 0.6 is 11.5 Å². The molecule has 0 spiro atoms. The second-order valence-electron chi connectivity index (χ2n) is 3.64. The van der Waals surface area contributed by atoms with E-state index in [1.165, 1.54) is 11.5 Å². The Balaban J connectivity index is 2.11. The van der Waals surface area contributed by atoms with Crippen molar-refractivity contribution in [2.75, 3.05) is 0 Å². The number of aliphatic carboxylic acids is 1. The van der Waals surface area contributed by atoms with Crippen molar-refractivity contribution in [2.45, 2.75) is 12.5 Å². The van der Waals surface area contributed by atoms with Crippen LogP contribution < -0.4 is 5.73 Å². The summed E-state index contributed by atoms with van der Waals surface area (Å²) in [7, 11) is 0. The number of nitrogens with zero attached hydrogens (tertiary/aromatic N) is 2. The molecule has 0 aliphatic carbocycles. The first kappa shape index (κ1) is 11.7. The quantitative estimate of drug-likeness (QED) is 0.848. The summed E-state index contributed by atoms with van der Waals surface area (Å²) in [6, 6.07) is 6.64. The summed E-state index contributed by atoms with van der Waals surface area (Å²) in [4.78, 5) is 10.6. The van der Waals surface area contributed by atoms with E-state index in [0.29, 0.717) is 6.42 Å². The third-order valence-electron chi connectivity index (χ3n) is 2.38. The first-order valence-corrected chi connectivity index (χ1v) is 5.85. The van der Waals surface area contributed by atoms with Crippen molar-refractivity contribution < 1.29 is 9.90 Å². The number of carbonyl (C=O) groups is 1. The molecule has 1 aromatic carbocycles. The molecule has 1 atom stereocenters. The topological polar surface area (TPSA) is 89.1 Å². The second-order valence-corrected chi connectivity index (χ2v) is 4.25. The molecular weight excluding hydrogens is 238 g/mol. The van der Waals surface area contributed by atoms with Crippen LogP contribution in [0.2, 0.25) is 0 Å². The molecule has 0 saturated heterocycles. The number of carboxylic acid groups (broad SMARTS) is 1. The summed E-state index contributed by atoms with van der Waals surface area (Å²) in [5.74, 6) is -0.988. The van der Waals surface area contributed by atoms with E-state index in [2.05, 4.69) is 9.59 Å². The van der Waals surface area contributed by atoms with Crippen LogP contribution in [-0.4, -0.2) is 26.7 Å². The number of nitrogens with two attached hydrogens (primary N) is 1. The van der Waals surface area contributed by atoms with Gasteiger partial charge in [0.15, 0.2) is 0 Å². The number of hydrogen-bond acceptors (Lipinski definition) is 5. The van der Waals surface area contributed by atoms with Gasteiger partial charge in [0.2, 0.25) is 0 Å². The van der Waals surface area contributed by atoms with E-state index in [4.69, 9.17) is 10.8 Å². The lowest BCUT2D eigenvalue weighted by molar-refractivity contribution is -0.138. The zero-order valence-electron chi connectivity index (χ0n) is 8.91. The van der Waals surface area contributed by atoms with Gasteiger partial charge in [0, 0.05) is 10.9 Å². The van der Waals surface area contributed by atoms with Crippen molar-refractivity contribution in [1.82, 2.24) is 9.59 Å². The zero-order chi connectivity index (χ0) is 12.3. The molecule has 6 heteroatoms. The number of carboxylic acids is 1. The van der Waals surface area contributed by atoms with Crippen LogP contribution in [-0.2, 0) is 11.2 Å². The monoisotopic (exact) mass is 249 g/mol. The van der Waals surface area contributed by atoms with Gasteiger partial charge in [0.1, 0.15) is 11.7 Å². The highest BCUT2D eigenvalue weighted by Crippen LogP contribution is 2.18. The van der Waals surface area contributed by atoms with Crippen LogP contribution in [0, 0.1) is 0 Å². The van der Waals surface area contributed by atoms with E-state index in [-0.39, 0.29) is 0 Å². The predicted octanol–water partition coefficient (Wildman–Crippen LogP) is 1.16. The number of hydrogen-bond donors (Lipinski definition) is 2. The molecule has 0 bridgehead atoms. The summed E-state index contributed by atoms with van der Waals surface area (Å²) < 4.78 is 3.79. The van der Waals surface area contributed by atoms with Crippen molar-refractivity contribution in [3.8, 4) is 11.3 Å². The van der Waals surface area contributed by atoms with Crippen LogP contribution in [0.4, 0.5) is 0 Å². The zero-order valence-corrected chi connectivity index (χ0v) is 9.72. The van der Waals surface area contributed by atoms with Crippen LogP contribution in [0.1, 0.15) is 5.56 Å². The molecule has 2 rings (SSSR count). The molecular formula is C11H11N3O2S. The molecule has 0 aliphatic heterocycles. The maximum absolute atomic E-state index is 10.6. The predicted molar refractivity (Wildman–Crippen MR) is 64.7 cm³/mol. The van der Waals surface area contributed by atoms with Gasteiger partial charge >= 0.3 is 5.97 Å². The highest BCUT2D eigenvalue weighted by Gasteiger charge is 2.12. The standard InChI is InChI=1S/C11H11N3O2S/c12-9(11(15)16)5-7-1-3-8(4-2-7)10-6-17-14-13-10/h1-4,6,9H,5,12H2,(H,15,16). The molecule has 17 heavy (non-hydrogen) atoms. The average molecular weight is 249 g/mol. The van der Waals surface area contributed by atoms with Crippen molar-refractivity contribution in [3.05, 3.63) is 35.2 Å². The Morgan fingerprint density at radius 3 is 2.65 bits per heavy atom. The smallest absolute Gasteiger partial charge is 0.320 e. The van der Waals surface area contributed by atoms with Gasteiger partial charge in [0.05, 0.1) is 0 Å². The Morgan fingerprint density at radius 1 is 1.41 bits per heavy atom. The molecule has 1 unspecified atom stereocenters. The molecule has 88 valence electrons.